The summed E-state index contributed by atoms with van der Waals surface area (Å²) in [6.07, 6.45) is 1.03. The van der Waals surface area contributed by atoms with Gasteiger partial charge in [-0.05, 0) is 41.5 Å². The molecule has 31 heavy (non-hydrogen) atoms. The Balaban J connectivity index is 1.81. The number of hydrogen-bond acceptors (Lipinski definition) is 5. The van der Waals surface area contributed by atoms with Crippen molar-refractivity contribution in [2.24, 2.45) is 0 Å². The van der Waals surface area contributed by atoms with Crippen LogP contribution in [0.25, 0.3) is 11.0 Å². The number of H-pyrrole nitrogens is 2. The molecule has 2 aromatic heterocycles. The molecule has 0 fully saturated rings. The van der Waals surface area contributed by atoms with Gasteiger partial charge < -0.3 is 0 Å². The maximum Gasteiger partial charge on any atom is 0.327 e. The maximum atomic E-state index is 13.9. The molecule has 0 saturated carbocycles. The van der Waals surface area contributed by atoms with E-state index < -0.39 is 33.1 Å². The molecule has 4 rings (SSSR count). The standard InChI is InChI=1S/C20H14BrFN4O4S/c21-13-5-1-3-11(7-13)17(12-4-2-6-14(22)8-12)26-31(29,30)15-9-16-18(23-10-15)24-20(28)25-19(16)27/h1-10,17,26H,(H2,23,24,25,27,28). The van der Waals surface area contributed by atoms with Crippen molar-refractivity contribution >= 4 is 37.0 Å². The first-order chi connectivity index (χ1) is 14.7. The molecule has 4 aromatic rings. The second-order valence-corrected chi connectivity index (χ2v) is 9.27. The molecule has 0 bridgehead atoms. The Morgan fingerprint density at radius 3 is 2.42 bits per heavy atom. The van der Waals surface area contributed by atoms with E-state index in [1.165, 1.54) is 18.2 Å². The molecule has 3 N–H and O–H groups in total. The highest BCUT2D eigenvalue weighted by Crippen LogP contribution is 2.27. The lowest BCUT2D eigenvalue weighted by Crippen LogP contribution is -2.30. The third kappa shape index (κ3) is 4.48. The molecule has 0 aliphatic carbocycles. The van der Waals surface area contributed by atoms with Crippen LogP contribution in [0.15, 0.2) is 79.8 Å². The Kier molecular flexibility index (Phi) is 5.56. The SMILES string of the molecule is O=c1[nH]c(=O)c2cc(S(=O)(=O)NC(c3cccc(F)c3)c3cccc(Br)c3)cnc2[nH]1. The summed E-state index contributed by atoms with van der Waals surface area (Å²) in [5, 5.41) is -0.0905. The fourth-order valence-electron chi connectivity index (χ4n) is 3.10. The Bertz CT molecular complexity index is 1470. The van der Waals surface area contributed by atoms with Crippen LogP contribution < -0.4 is 16.0 Å². The highest BCUT2D eigenvalue weighted by Gasteiger charge is 2.24. The van der Waals surface area contributed by atoms with Gasteiger partial charge in [0.1, 0.15) is 16.4 Å². The highest BCUT2D eigenvalue weighted by molar-refractivity contribution is 9.10. The average molecular weight is 505 g/mol. The van der Waals surface area contributed by atoms with Gasteiger partial charge in [-0.15, -0.1) is 0 Å². The second-order valence-electron chi connectivity index (χ2n) is 6.64. The van der Waals surface area contributed by atoms with Crippen LogP contribution in [-0.2, 0) is 10.0 Å². The fraction of sp³-hybridized carbons (Fsp3) is 0.0500. The predicted octanol–water partition coefficient (Wildman–Crippen LogP) is 2.58. The fourth-order valence-corrected chi connectivity index (χ4v) is 4.70. The molecule has 158 valence electrons. The summed E-state index contributed by atoms with van der Waals surface area (Å²) in [4.78, 5) is 31.4. The van der Waals surface area contributed by atoms with E-state index in [0.717, 1.165) is 12.3 Å². The number of aromatic amines is 2. The summed E-state index contributed by atoms with van der Waals surface area (Å²) < 4.78 is 43.4. The van der Waals surface area contributed by atoms with Crippen LogP contribution in [0.5, 0.6) is 0 Å². The number of halogens is 2. The highest BCUT2D eigenvalue weighted by atomic mass is 79.9. The summed E-state index contributed by atoms with van der Waals surface area (Å²) in [5.41, 5.74) is -0.602. The molecule has 0 spiro atoms. The minimum absolute atomic E-state index is 0.0404. The lowest BCUT2D eigenvalue weighted by atomic mass is 10.00. The number of rotatable bonds is 5. The van der Waals surface area contributed by atoms with Crippen molar-refractivity contribution in [3.63, 3.8) is 0 Å². The van der Waals surface area contributed by atoms with Crippen molar-refractivity contribution in [1.82, 2.24) is 19.7 Å². The van der Waals surface area contributed by atoms with Crippen molar-refractivity contribution in [1.29, 1.82) is 0 Å². The van der Waals surface area contributed by atoms with Gasteiger partial charge in [-0.2, -0.15) is 4.72 Å². The van der Waals surface area contributed by atoms with Crippen LogP contribution in [0, 0.1) is 5.82 Å². The van der Waals surface area contributed by atoms with Crippen molar-refractivity contribution in [3.05, 3.63) is 103 Å². The first kappa shape index (κ1) is 21.1. The van der Waals surface area contributed by atoms with Crippen LogP contribution >= 0.6 is 15.9 Å². The maximum absolute atomic E-state index is 13.9. The Labute approximate surface area is 183 Å². The van der Waals surface area contributed by atoms with E-state index >= 15 is 0 Å². The third-order valence-electron chi connectivity index (χ3n) is 4.51. The van der Waals surface area contributed by atoms with Crippen molar-refractivity contribution in [3.8, 4) is 0 Å². The number of fused-ring (bicyclic) bond motifs is 1. The molecule has 2 aromatic carbocycles. The molecule has 0 radical (unpaired) electrons. The zero-order valence-electron chi connectivity index (χ0n) is 15.6. The second kappa shape index (κ2) is 8.17. The zero-order chi connectivity index (χ0) is 22.2. The first-order valence-corrected chi connectivity index (χ1v) is 11.2. The molecule has 8 nitrogen and oxygen atoms in total. The van der Waals surface area contributed by atoms with Gasteiger partial charge in [0, 0.05) is 10.7 Å². The van der Waals surface area contributed by atoms with Gasteiger partial charge in [0.05, 0.1) is 11.4 Å². The van der Waals surface area contributed by atoms with Crippen molar-refractivity contribution < 1.29 is 12.8 Å². The number of benzene rings is 2. The zero-order valence-corrected chi connectivity index (χ0v) is 18.0. The lowest BCUT2D eigenvalue weighted by molar-refractivity contribution is 0.570. The van der Waals surface area contributed by atoms with E-state index in [9.17, 15) is 22.4 Å². The number of pyridine rings is 1. The molecule has 0 aliphatic rings. The quantitative estimate of drug-likeness (QED) is 0.385. The summed E-state index contributed by atoms with van der Waals surface area (Å²) in [7, 11) is -4.19. The minimum Gasteiger partial charge on any atom is -0.291 e. The summed E-state index contributed by atoms with van der Waals surface area (Å²) in [6.45, 7) is 0. The van der Waals surface area contributed by atoms with Crippen molar-refractivity contribution in [2.75, 3.05) is 0 Å². The number of sulfonamides is 1. The molecule has 0 saturated heterocycles. The van der Waals surface area contributed by atoms with Gasteiger partial charge in [0.2, 0.25) is 10.0 Å². The molecule has 1 unspecified atom stereocenters. The van der Waals surface area contributed by atoms with E-state index in [1.54, 1.807) is 30.3 Å². The predicted molar refractivity (Wildman–Crippen MR) is 116 cm³/mol. The van der Waals surface area contributed by atoms with Gasteiger partial charge in [0.15, 0.2) is 0 Å². The Morgan fingerprint density at radius 1 is 1.00 bits per heavy atom. The molecular formula is C20H14BrFN4O4S. The monoisotopic (exact) mass is 504 g/mol. The Hall–Kier alpha value is -3.15. The lowest BCUT2D eigenvalue weighted by Gasteiger charge is -2.20. The summed E-state index contributed by atoms with van der Waals surface area (Å²) >= 11 is 3.35. The molecule has 0 aliphatic heterocycles. The molecule has 11 heteroatoms. The topological polar surface area (TPSA) is 125 Å². The van der Waals surface area contributed by atoms with E-state index in [2.05, 4.69) is 30.6 Å². The van der Waals surface area contributed by atoms with Crippen molar-refractivity contribution in [2.45, 2.75) is 10.9 Å². The first-order valence-electron chi connectivity index (χ1n) is 8.88. The average Bonchev–Trinajstić information content (AvgIpc) is 2.71. The van der Waals surface area contributed by atoms with Crippen LogP contribution in [-0.4, -0.2) is 23.4 Å². The minimum atomic E-state index is -4.19. The number of aromatic nitrogens is 3. The number of hydrogen-bond donors (Lipinski definition) is 3. The van der Waals surface area contributed by atoms with Crippen LogP contribution in [0.4, 0.5) is 4.39 Å². The molecule has 2 heterocycles. The van der Waals surface area contributed by atoms with Crippen LogP contribution in [0.1, 0.15) is 17.2 Å². The molecule has 1 atom stereocenters. The van der Waals surface area contributed by atoms with Crippen LogP contribution in [0.3, 0.4) is 0 Å². The van der Waals surface area contributed by atoms with E-state index in [4.69, 9.17) is 0 Å². The van der Waals surface area contributed by atoms with Gasteiger partial charge in [-0.3, -0.25) is 14.8 Å². The normalized spacial score (nSPS) is 12.7. The third-order valence-corrected chi connectivity index (χ3v) is 6.40. The summed E-state index contributed by atoms with van der Waals surface area (Å²) in [6, 6.07) is 12.7. The number of nitrogens with one attached hydrogen (secondary N) is 3. The smallest absolute Gasteiger partial charge is 0.291 e. The van der Waals surface area contributed by atoms with E-state index in [1.807, 2.05) is 4.98 Å². The molecular weight excluding hydrogens is 491 g/mol. The largest absolute Gasteiger partial charge is 0.327 e. The van der Waals surface area contributed by atoms with Gasteiger partial charge in [-0.25, -0.2) is 22.6 Å². The van der Waals surface area contributed by atoms with Gasteiger partial charge in [0.25, 0.3) is 5.56 Å². The number of nitrogens with zero attached hydrogens (tertiary/aromatic N) is 1. The Morgan fingerprint density at radius 2 is 1.71 bits per heavy atom. The van der Waals surface area contributed by atoms with Gasteiger partial charge >= 0.3 is 5.69 Å². The van der Waals surface area contributed by atoms with Gasteiger partial charge in [-0.1, -0.05) is 40.2 Å². The van der Waals surface area contributed by atoms with E-state index in [-0.39, 0.29) is 15.9 Å². The van der Waals surface area contributed by atoms with E-state index in [0.29, 0.717) is 15.6 Å². The summed E-state index contributed by atoms with van der Waals surface area (Å²) in [5.74, 6) is -0.514. The molecule has 0 amide bonds. The van der Waals surface area contributed by atoms with Crippen LogP contribution in [0.2, 0.25) is 0 Å².